The summed E-state index contributed by atoms with van der Waals surface area (Å²) in [4.78, 5) is 10.6. The molecule has 0 radical (unpaired) electrons. The van der Waals surface area contributed by atoms with Gasteiger partial charge in [0.1, 0.15) is 11.5 Å². The molecule has 0 unspecified atom stereocenters. The van der Waals surface area contributed by atoms with Gasteiger partial charge in [0, 0.05) is 11.4 Å². The lowest BCUT2D eigenvalue weighted by Gasteiger charge is -2.03. The van der Waals surface area contributed by atoms with Crippen LogP contribution in [0, 0.1) is 0 Å². The number of rotatable bonds is 4. The van der Waals surface area contributed by atoms with Crippen molar-refractivity contribution >= 4 is 17.4 Å². The van der Waals surface area contributed by atoms with Crippen LogP contribution in [0.2, 0.25) is 5.02 Å². The van der Waals surface area contributed by atoms with E-state index in [0.29, 0.717) is 18.1 Å². The monoisotopic (exact) mass is 198 g/mol. The number of halogens is 1. The highest BCUT2D eigenvalue weighted by Gasteiger charge is 1.95. The second-order valence-corrected chi connectivity index (χ2v) is 3.19. The van der Waals surface area contributed by atoms with Crippen molar-refractivity contribution in [2.75, 3.05) is 6.61 Å². The van der Waals surface area contributed by atoms with Gasteiger partial charge in [0.25, 0.3) is 0 Å². The van der Waals surface area contributed by atoms with E-state index in [1.807, 2.05) is 0 Å². The molecule has 0 bridgehead atoms. The van der Waals surface area contributed by atoms with Crippen molar-refractivity contribution in [1.29, 1.82) is 0 Å². The lowest BCUT2D eigenvalue weighted by molar-refractivity contribution is -0.117. The first-order valence-corrected chi connectivity index (χ1v) is 4.44. The van der Waals surface area contributed by atoms with Crippen LogP contribution >= 0.6 is 11.6 Å². The van der Waals surface area contributed by atoms with Gasteiger partial charge in [-0.2, -0.15) is 0 Å². The van der Waals surface area contributed by atoms with Crippen LogP contribution in [0.4, 0.5) is 0 Å². The first-order valence-electron chi connectivity index (χ1n) is 4.06. The van der Waals surface area contributed by atoms with Crippen LogP contribution in [-0.4, -0.2) is 12.4 Å². The molecule has 2 nitrogen and oxygen atoms in total. The Labute approximate surface area is 82.5 Å². The van der Waals surface area contributed by atoms with Crippen molar-refractivity contribution in [1.82, 2.24) is 0 Å². The standard InChI is InChI=1S/C10H11ClO2/c1-8(12)6-7-13-10-4-2-9(11)3-5-10/h2-5H,6-7H2,1H3. The lowest BCUT2D eigenvalue weighted by Crippen LogP contribution is -2.02. The highest BCUT2D eigenvalue weighted by atomic mass is 35.5. The van der Waals surface area contributed by atoms with Gasteiger partial charge in [-0.3, -0.25) is 4.79 Å². The van der Waals surface area contributed by atoms with Crippen molar-refractivity contribution in [3.8, 4) is 5.75 Å². The smallest absolute Gasteiger partial charge is 0.133 e. The summed E-state index contributed by atoms with van der Waals surface area (Å²) in [5, 5.41) is 0.680. The van der Waals surface area contributed by atoms with Gasteiger partial charge in [-0.15, -0.1) is 0 Å². The molecular formula is C10H11ClO2. The van der Waals surface area contributed by atoms with E-state index in [4.69, 9.17) is 16.3 Å². The Balaban J connectivity index is 2.37. The zero-order valence-electron chi connectivity index (χ0n) is 7.42. The molecule has 0 aliphatic carbocycles. The number of hydrogen-bond acceptors (Lipinski definition) is 2. The number of carbonyl (C=O) groups is 1. The Morgan fingerprint density at radius 1 is 1.38 bits per heavy atom. The summed E-state index contributed by atoms with van der Waals surface area (Å²) in [5.74, 6) is 0.875. The summed E-state index contributed by atoms with van der Waals surface area (Å²) < 4.78 is 5.29. The Morgan fingerprint density at radius 3 is 2.54 bits per heavy atom. The molecule has 70 valence electrons. The van der Waals surface area contributed by atoms with E-state index in [1.54, 1.807) is 31.2 Å². The van der Waals surface area contributed by atoms with Crippen LogP contribution in [0.25, 0.3) is 0 Å². The molecule has 0 amide bonds. The summed E-state index contributed by atoms with van der Waals surface area (Å²) in [7, 11) is 0. The maximum Gasteiger partial charge on any atom is 0.133 e. The fourth-order valence-electron chi connectivity index (χ4n) is 0.843. The quantitative estimate of drug-likeness (QED) is 0.744. The average molecular weight is 199 g/mol. The molecule has 0 saturated heterocycles. The largest absolute Gasteiger partial charge is 0.493 e. The van der Waals surface area contributed by atoms with Crippen LogP contribution in [-0.2, 0) is 4.79 Å². The SMILES string of the molecule is CC(=O)CCOc1ccc(Cl)cc1. The van der Waals surface area contributed by atoms with Gasteiger partial charge in [-0.1, -0.05) is 11.6 Å². The molecule has 1 aromatic rings. The predicted octanol–water partition coefficient (Wildman–Crippen LogP) is 2.70. The normalized spacial score (nSPS) is 9.69. The molecular weight excluding hydrogens is 188 g/mol. The molecule has 0 atom stereocenters. The minimum absolute atomic E-state index is 0.133. The van der Waals surface area contributed by atoms with E-state index in [2.05, 4.69) is 0 Å². The number of benzene rings is 1. The topological polar surface area (TPSA) is 26.3 Å². The van der Waals surface area contributed by atoms with Gasteiger partial charge in [0.2, 0.25) is 0 Å². The van der Waals surface area contributed by atoms with Crippen molar-refractivity contribution in [3.63, 3.8) is 0 Å². The predicted molar refractivity (Wildman–Crippen MR) is 52.2 cm³/mol. The minimum atomic E-state index is 0.133. The molecule has 1 rings (SSSR count). The van der Waals surface area contributed by atoms with Crippen LogP contribution < -0.4 is 4.74 Å². The second kappa shape index (κ2) is 4.87. The van der Waals surface area contributed by atoms with E-state index >= 15 is 0 Å². The first-order chi connectivity index (χ1) is 6.18. The Hall–Kier alpha value is -1.02. The highest BCUT2D eigenvalue weighted by molar-refractivity contribution is 6.30. The maximum atomic E-state index is 10.6. The van der Waals surface area contributed by atoms with Crippen LogP contribution in [0.3, 0.4) is 0 Å². The van der Waals surface area contributed by atoms with Crippen LogP contribution in [0.1, 0.15) is 13.3 Å². The molecule has 1 aromatic carbocycles. The van der Waals surface area contributed by atoms with Crippen molar-refractivity contribution in [2.45, 2.75) is 13.3 Å². The van der Waals surface area contributed by atoms with E-state index in [1.165, 1.54) is 0 Å². The summed E-state index contributed by atoms with van der Waals surface area (Å²) >= 11 is 5.69. The van der Waals surface area contributed by atoms with Gasteiger partial charge < -0.3 is 4.74 Å². The minimum Gasteiger partial charge on any atom is -0.493 e. The summed E-state index contributed by atoms with van der Waals surface area (Å²) in [6.45, 7) is 1.97. The van der Waals surface area contributed by atoms with Crippen LogP contribution in [0.5, 0.6) is 5.75 Å². The van der Waals surface area contributed by atoms with E-state index in [0.717, 1.165) is 5.75 Å². The number of carbonyl (C=O) groups excluding carboxylic acids is 1. The van der Waals surface area contributed by atoms with Crippen LogP contribution in [0.15, 0.2) is 24.3 Å². The molecule has 0 aliphatic heterocycles. The third-order valence-electron chi connectivity index (χ3n) is 1.54. The number of Topliss-reactive ketones (excluding diaryl/α,β-unsaturated/α-hetero) is 1. The summed E-state index contributed by atoms with van der Waals surface area (Å²) in [6, 6.07) is 7.07. The van der Waals surface area contributed by atoms with Gasteiger partial charge in [-0.25, -0.2) is 0 Å². The van der Waals surface area contributed by atoms with E-state index in [-0.39, 0.29) is 5.78 Å². The zero-order valence-corrected chi connectivity index (χ0v) is 8.17. The molecule has 0 saturated carbocycles. The summed E-state index contributed by atoms with van der Waals surface area (Å²) in [6.07, 6.45) is 0.447. The van der Waals surface area contributed by atoms with Gasteiger partial charge in [-0.05, 0) is 31.2 Å². The second-order valence-electron chi connectivity index (χ2n) is 2.75. The third kappa shape index (κ3) is 3.95. The number of ketones is 1. The van der Waals surface area contributed by atoms with E-state index in [9.17, 15) is 4.79 Å². The molecule has 0 N–H and O–H groups in total. The molecule has 13 heavy (non-hydrogen) atoms. The van der Waals surface area contributed by atoms with Gasteiger partial charge in [0.05, 0.1) is 6.61 Å². The Morgan fingerprint density at radius 2 is 2.00 bits per heavy atom. The van der Waals surface area contributed by atoms with Gasteiger partial charge >= 0.3 is 0 Å². The third-order valence-corrected chi connectivity index (χ3v) is 1.79. The number of hydrogen-bond donors (Lipinski definition) is 0. The Kier molecular flexibility index (Phi) is 3.77. The van der Waals surface area contributed by atoms with Crippen molar-refractivity contribution in [2.24, 2.45) is 0 Å². The molecule has 0 fully saturated rings. The number of ether oxygens (including phenoxy) is 1. The zero-order chi connectivity index (χ0) is 9.68. The molecule has 0 heterocycles. The molecule has 3 heteroatoms. The Bertz CT molecular complexity index is 279. The van der Waals surface area contributed by atoms with Gasteiger partial charge in [0.15, 0.2) is 0 Å². The average Bonchev–Trinajstić information content (AvgIpc) is 2.08. The van der Waals surface area contributed by atoms with E-state index < -0.39 is 0 Å². The fraction of sp³-hybridized carbons (Fsp3) is 0.300. The summed E-state index contributed by atoms with van der Waals surface area (Å²) in [5.41, 5.74) is 0. The van der Waals surface area contributed by atoms with Crippen molar-refractivity contribution in [3.05, 3.63) is 29.3 Å². The first kappa shape index (κ1) is 10.1. The molecule has 0 spiro atoms. The molecule has 0 aromatic heterocycles. The maximum absolute atomic E-state index is 10.6. The lowest BCUT2D eigenvalue weighted by atomic mass is 10.3. The van der Waals surface area contributed by atoms with Crippen molar-refractivity contribution < 1.29 is 9.53 Å². The highest BCUT2D eigenvalue weighted by Crippen LogP contribution is 2.15. The fourth-order valence-corrected chi connectivity index (χ4v) is 0.969. The molecule has 0 aliphatic rings.